The standard InChI is InChI=1S/C14H18ClN3O/c1-4-11-14(15)12(17(3)16-11)9-18-7-6-10(8-18)13(19)5-2/h6-8H,4-5,9H2,1-3H3. The topological polar surface area (TPSA) is 39.8 Å². The van der Waals surface area contributed by atoms with Gasteiger partial charge in [-0.1, -0.05) is 25.4 Å². The molecule has 0 radical (unpaired) electrons. The maximum absolute atomic E-state index is 11.6. The maximum Gasteiger partial charge on any atom is 0.164 e. The van der Waals surface area contributed by atoms with Gasteiger partial charge in [0.05, 0.1) is 23.0 Å². The van der Waals surface area contributed by atoms with Crippen LogP contribution in [0.5, 0.6) is 0 Å². The van der Waals surface area contributed by atoms with Crippen LogP contribution in [0.15, 0.2) is 18.5 Å². The highest BCUT2D eigenvalue weighted by Crippen LogP contribution is 2.22. The molecule has 102 valence electrons. The molecule has 19 heavy (non-hydrogen) atoms. The number of hydrogen-bond acceptors (Lipinski definition) is 2. The number of Topliss-reactive ketones (excluding diaryl/α,β-unsaturated/α-hetero) is 1. The van der Waals surface area contributed by atoms with Crippen molar-refractivity contribution in [1.82, 2.24) is 14.3 Å². The van der Waals surface area contributed by atoms with Crippen LogP contribution in [0.3, 0.4) is 0 Å². The average molecular weight is 280 g/mol. The zero-order valence-electron chi connectivity index (χ0n) is 11.5. The third kappa shape index (κ3) is 2.73. The van der Waals surface area contributed by atoms with Gasteiger partial charge in [-0.2, -0.15) is 5.10 Å². The number of carbonyl (C=O) groups is 1. The highest BCUT2D eigenvalue weighted by atomic mass is 35.5. The molecule has 0 aliphatic carbocycles. The lowest BCUT2D eigenvalue weighted by atomic mass is 10.2. The predicted octanol–water partition coefficient (Wildman–Crippen LogP) is 3.08. The summed E-state index contributed by atoms with van der Waals surface area (Å²) in [6, 6.07) is 1.84. The lowest BCUT2D eigenvalue weighted by Crippen LogP contribution is -2.04. The minimum absolute atomic E-state index is 0.157. The fourth-order valence-electron chi connectivity index (χ4n) is 2.07. The van der Waals surface area contributed by atoms with Gasteiger partial charge in [0.25, 0.3) is 0 Å². The van der Waals surface area contributed by atoms with E-state index in [4.69, 9.17) is 11.6 Å². The SMILES string of the molecule is CCC(=O)c1ccn(Cc2c(Cl)c(CC)nn2C)c1. The van der Waals surface area contributed by atoms with Crippen molar-refractivity contribution < 1.29 is 4.79 Å². The quantitative estimate of drug-likeness (QED) is 0.789. The summed E-state index contributed by atoms with van der Waals surface area (Å²) in [6.07, 6.45) is 5.10. The molecule has 0 saturated heterocycles. The van der Waals surface area contributed by atoms with Crippen molar-refractivity contribution in [3.63, 3.8) is 0 Å². The Hall–Kier alpha value is -1.55. The number of rotatable bonds is 5. The van der Waals surface area contributed by atoms with Gasteiger partial charge in [-0.05, 0) is 12.5 Å². The van der Waals surface area contributed by atoms with Gasteiger partial charge in [0.15, 0.2) is 5.78 Å². The summed E-state index contributed by atoms with van der Waals surface area (Å²) in [5.41, 5.74) is 2.62. The van der Waals surface area contributed by atoms with Crippen molar-refractivity contribution in [2.45, 2.75) is 33.2 Å². The molecule has 2 aromatic rings. The number of ketones is 1. The summed E-state index contributed by atoms with van der Waals surface area (Å²) >= 11 is 6.31. The Bertz CT molecular complexity index is 598. The minimum atomic E-state index is 0.157. The minimum Gasteiger partial charge on any atom is -0.348 e. The van der Waals surface area contributed by atoms with E-state index in [1.807, 2.05) is 48.6 Å². The van der Waals surface area contributed by atoms with Crippen molar-refractivity contribution in [2.24, 2.45) is 7.05 Å². The number of aromatic nitrogens is 3. The Morgan fingerprint density at radius 2 is 2.16 bits per heavy atom. The largest absolute Gasteiger partial charge is 0.348 e. The van der Waals surface area contributed by atoms with E-state index >= 15 is 0 Å². The van der Waals surface area contributed by atoms with Crippen LogP contribution in [0, 0.1) is 0 Å². The van der Waals surface area contributed by atoms with Crippen LogP contribution in [0.4, 0.5) is 0 Å². The molecule has 0 aromatic carbocycles. The van der Waals surface area contributed by atoms with E-state index < -0.39 is 0 Å². The van der Waals surface area contributed by atoms with Gasteiger partial charge in [-0.25, -0.2) is 0 Å². The number of nitrogens with zero attached hydrogens (tertiary/aromatic N) is 3. The second kappa shape index (κ2) is 5.61. The van der Waals surface area contributed by atoms with Crippen LogP contribution in [-0.4, -0.2) is 20.1 Å². The first-order valence-electron chi connectivity index (χ1n) is 6.46. The molecule has 0 aliphatic heterocycles. The van der Waals surface area contributed by atoms with E-state index in [0.29, 0.717) is 13.0 Å². The third-order valence-corrected chi connectivity index (χ3v) is 3.67. The summed E-state index contributed by atoms with van der Waals surface area (Å²) in [7, 11) is 1.89. The van der Waals surface area contributed by atoms with E-state index in [1.54, 1.807) is 0 Å². The average Bonchev–Trinajstić information content (AvgIpc) is 2.98. The lowest BCUT2D eigenvalue weighted by molar-refractivity contribution is 0.0988. The van der Waals surface area contributed by atoms with Crippen molar-refractivity contribution in [1.29, 1.82) is 0 Å². The first-order valence-corrected chi connectivity index (χ1v) is 6.83. The number of aryl methyl sites for hydroxylation is 2. The maximum atomic E-state index is 11.6. The fraction of sp³-hybridized carbons (Fsp3) is 0.429. The van der Waals surface area contributed by atoms with Gasteiger partial charge < -0.3 is 4.57 Å². The predicted molar refractivity (Wildman–Crippen MR) is 75.8 cm³/mol. The summed E-state index contributed by atoms with van der Waals surface area (Å²) in [5.74, 6) is 0.157. The Morgan fingerprint density at radius 3 is 2.74 bits per heavy atom. The number of hydrogen-bond donors (Lipinski definition) is 0. The van der Waals surface area contributed by atoms with Crippen molar-refractivity contribution >= 4 is 17.4 Å². The van der Waals surface area contributed by atoms with E-state index in [-0.39, 0.29) is 5.78 Å². The van der Waals surface area contributed by atoms with Crippen molar-refractivity contribution in [3.05, 3.63) is 40.4 Å². The summed E-state index contributed by atoms with van der Waals surface area (Å²) in [4.78, 5) is 11.6. The van der Waals surface area contributed by atoms with Gasteiger partial charge in [-0.15, -0.1) is 0 Å². The third-order valence-electron chi connectivity index (χ3n) is 3.23. The molecule has 5 heteroatoms. The summed E-state index contributed by atoms with van der Waals surface area (Å²) in [6.45, 7) is 4.52. The lowest BCUT2D eigenvalue weighted by Gasteiger charge is -2.04. The Kier molecular flexibility index (Phi) is 4.10. The molecule has 0 spiro atoms. The molecule has 0 unspecified atom stereocenters. The van der Waals surface area contributed by atoms with Crippen LogP contribution in [0.2, 0.25) is 5.02 Å². The van der Waals surface area contributed by atoms with E-state index in [0.717, 1.165) is 28.4 Å². The Balaban J connectivity index is 2.24. The van der Waals surface area contributed by atoms with Gasteiger partial charge in [0.1, 0.15) is 0 Å². The molecule has 0 atom stereocenters. The molecular formula is C14H18ClN3O. The van der Waals surface area contributed by atoms with Gasteiger partial charge in [-0.3, -0.25) is 9.48 Å². The Morgan fingerprint density at radius 1 is 1.42 bits per heavy atom. The molecule has 4 nitrogen and oxygen atoms in total. The zero-order chi connectivity index (χ0) is 14.0. The van der Waals surface area contributed by atoms with Crippen LogP contribution in [0.1, 0.15) is 42.0 Å². The molecule has 0 N–H and O–H groups in total. The summed E-state index contributed by atoms with van der Waals surface area (Å²) in [5, 5.41) is 5.11. The van der Waals surface area contributed by atoms with Crippen molar-refractivity contribution in [2.75, 3.05) is 0 Å². The molecule has 2 heterocycles. The van der Waals surface area contributed by atoms with Crippen LogP contribution in [0.25, 0.3) is 0 Å². The van der Waals surface area contributed by atoms with E-state index in [9.17, 15) is 4.79 Å². The molecule has 0 bridgehead atoms. The van der Waals surface area contributed by atoms with Crippen LogP contribution in [-0.2, 0) is 20.0 Å². The second-order valence-corrected chi connectivity index (χ2v) is 4.91. The smallest absolute Gasteiger partial charge is 0.164 e. The van der Waals surface area contributed by atoms with E-state index in [1.165, 1.54) is 0 Å². The van der Waals surface area contributed by atoms with Gasteiger partial charge >= 0.3 is 0 Å². The Labute approximate surface area is 118 Å². The first-order chi connectivity index (χ1) is 9.06. The first kappa shape index (κ1) is 13.9. The number of carbonyl (C=O) groups excluding carboxylic acids is 1. The molecule has 2 aromatic heterocycles. The summed E-state index contributed by atoms with van der Waals surface area (Å²) < 4.78 is 3.77. The highest BCUT2D eigenvalue weighted by molar-refractivity contribution is 6.31. The molecule has 2 rings (SSSR count). The zero-order valence-corrected chi connectivity index (χ0v) is 12.2. The second-order valence-electron chi connectivity index (χ2n) is 4.53. The number of halogens is 1. The highest BCUT2D eigenvalue weighted by Gasteiger charge is 2.13. The normalized spacial score (nSPS) is 10.9. The van der Waals surface area contributed by atoms with E-state index in [2.05, 4.69) is 5.10 Å². The molecule has 0 fully saturated rings. The molecular weight excluding hydrogens is 262 g/mol. The molecule has 0 amide bonds. The fourth-order valence-corrected chi connectivity index (χ4v) is 2.43. The van der Waals surface area contributed by atoms with Crippen molar-refractivity contribution in [3.8, 4) is 0 Å². The molecule has 0 aliphatic rings. The van der Waals surface area contributed by atoms with Gasteiger partial charge in [0.2, 0.25) is 0 Å². The van der Waals surface area contributed by atoms with Crippen LogP contribution >= 0.6 is 11.6 Å². The molecule has 0 saturated carbocycles. The van der Waals surface area contributed by atoms with Crippen LogP contribution < -0.4 is 0 Å². The monoisotopic (exact) mass is 279 g/mol. The van der Waals surface area contributed by atoms with Gasteiger partial charge in [0, 0.05) is 31.4 Å².